The highest BCUT2D eigenvalue weighted by atomic mass is 16.5. The summed E-state index contributed by atoms with van der Waals surface area (Å²) in [6, 6.07) is 1.88. The Morgan fingerprint density at radius 2 is 2.27 bits per heavy atom. The highest BCUT2D eigenvalue weighted by molar-refractivity contribution is 5.82. The Balaban J connectivity index is 3.56. The third kappa shape index (κ3) is 6.59. The average Bonchev–Trinajstić information content (AvgIpc) is 1.86. The molecule has 0 unspecified atom stereocenters. The van der Waals surface area contributed by atoms with Crippen LogP contribution in [-0.2, 0) is 9.53 Å². The number of esters is 1. The Morgan fingerprint density at radius 3 is 2.73 bits per heavy atom. The molecule has 11 heavy (non-hydrogen) atoms. The largest absolute Gasteiger partial charge is 0.461 e. The van der Waals surface area contributed by atoms with Crippen LogP contribution in [0.5, 0.6) is 0 Å². The molecular weight excluding hydrogens is 142 g/mol. The molecule has 0 aliphatic rings. The molecule has 0 aromatic carbocycles. The summed E-state index contributed by atoms with van der Waals surface area (Å²) in [5, 5.41) is 8.10. The smallest absolute Gasteiger partial charge is 0.330 e. The predicted molar refractivity (Wildman–Crippen MR) is 40.6 cm³/mol. The van der Waals surface area contributed by atoms with Crippen LogP contribution in [-0.4, -0.2) is 12.6 Å². The van der Waals surface area contributed by atoms with Gasteiger partial charge in [-0.3, -0.25) is 0 Å². The molecule has 0 fully saturated rings. The normalized spacial score (nSPS) is 8.09. The number of allylic oxidation sites excluding steroid dienone is 1. The fourth-order valence-electron chi connectivity index (χ4n) is 0.475. The zero-order valence-corrected chi connectivity index (χ0v) is 6.76. The van der Waals surface area contributed by atoms with Gasteiger partial charge < -0.3 is 4.74 Å². The van der Waals surface area contributed by atoms with Crippen LogP contribution < -0.4 is 0 Å². The molecule has 0 aromatic rings. The predicted octanol–water partition coefficient (Wildman–Crippen LogP) is 1.41. The Hall–Kier alpha value is -1.30. The molecular formula is C8H11NO2. The van der Waals surface area contributed by atoms with Crippen LogP contribution in [0.2, 0.25) is 0 Å². The summed E-state index contributed by atoms with van der Waals surface area (Å²) in [6.07, 6.45) is 1.65. The fourth-order valence-corrected chi connectivity index (χ4v) is 0.475. The SMILES string of the molecule is CC(C)=CC(=O)OCCC#N. The Morgan fingerprint density at radius 1 is 1.64 bits per heavy atom. The van der Waals surface area contributed by atoms with Crippen molar-refractivity contribution in [2.24, 2.45) is 0 Å². The lowest BCUT2D eigenvalue weighted by Gasteiger charge is -1.96. The summed E-state index contributed by atoms with van der Waals surface area (Å²) in [5.41, 5.74) is 0.895. The summed E-state index contributed by atoms with van der Waals surface area (Å²) in [5.74, 6) is -0.375. The number of hydrogen-bond acceptors (Lipinski definition) is 3. The molecule has 0 amide bonds. The van der Waals surface area contributed by atoms with Crippen LogP contribution >= 0.6 is 0 Å². The van der Waals surface area contributed by atoms with Gasteiger partial charge in [0.2, 0.25) is 0 Å². The summed E-state index contributed by atoms with van der Waals surface area (Å²) in [6.45, 7) is 3.80. The van der Waals surface area contributed by atoms with Crippen molar-refractivity contribution in [1.82, 2.24) is 0 Å². The molecule has 60 valence electrons. The summed E-state index contributed by atoms with van der Waals surface area (Å²) in [4.78, 5) is 10.7. The molecule has 0 N–H and O–H groups in total. The quantitative estimate of drug-likeness (QED) is 0.350. The first kappa shape index (κ1) is 9.70. The fraction of sp³-hybridized carbons (Fsp3) is 0.500. The molecule has 0 saturated carbocycles. The zero-order valence-electron chi connectivity index (χ0n) is 6.76. The molecule has 0 spiro atoms. The number of carbonyl (C=O) groups excluding carboxylic acids is 1. The zero-order chi connectivity index (χ0) is 8.69. The third-order valence-corrected chi connectivity index (χ3v) is 0.865. The standard InChI is InChI=1S/C8H11NO2/c1-7(2)6-8(10)11-5-3-4-9/h6H,3,5H2,1-2H3. The van der Waals surface area contributed by atoms with Gasteiger partial charge in [0, 0.05) is 6.08 Å². The summed E-state index contributed by atoms with van der Waals surface area (Å²) in [7, 11) is 0. The highest BCUT2D eigenvalue weighted by Gasteiger charge is 1.95. The number of nitriles is 1. The van der Waals surface area contributed by atoms with Gasteiger partial charge in [-0.15, -0.1) is 0 Å². The number of rotatable bonds is 3. The van der Waals surface area contributed by atoms with E-state index < -0.39 is 0 Å². The van der Waals surface area contributed by atoms with Gasteiger partial charge in [0.1, 0.15) is 6.61 Å². The number of ether oxygens (including phenoxy) is 1. The molecule has 0 rings (SSSR count). The number of nitrogens with zero attached hydrogens (tertiary/aromatic N) is 1. The molecule has 0 heterocycles. The number of carbonyl (C=O) groups is 1. The first-order valence-electron chi connectivity index (χ1n) is 3.35. The van der Waals surface area contributed by atoms with Crippen molar-refractivity contribution < 1.29 is 9.53 Å². The van der Waals surface area contributed by atoms with E-state index in [-0.39, 0.29) is 19.0 Å². The second kappa shape index (κ2) is 5.48. The van der Waals surface area contributed by atoms with Crippen LogP contribution in [0.4, 0.5) is 0 Å². The molecule has 0 bridgehead atoms. The van der Waals surface area contributed by atoms with E-state index in [2.05, 4.69) is 4.74 Å². The maximum Gasteiger partial charge on any atom is 0.330 e. The lowest BCUT2D eigenvalue weighted by Crippen LogP contribution is -2.01. The van der Waals surface area contributed by atoms with E-state index in [9.17, 15) is 4.79 Å². The van der Waals surface area contributed by atoms with E-state index in [1.54, 1.807) is 0 Å². The van der Waals surface area contributed by atoms with Gasteiger partial charge in [-0.1, -0.05) is 5.57 Å². The van der Waals surface area contributed by atoms with E-state index >= 15 is 0 Å². The van der Waals surface area contributed by atoms with Gasteiger partial charge >= 0.3 is 5.97 Å². The van der Waals surface area contributed by atoms with Gasteiger partial charge in [-0.2, -0.15) is 5.26 Å². The molecule has 3 nitrogen and oxygen atoms in total. The average molecular weight is 153 g/mol. The van der Waals surface area contributed by atoms with Crippen molar-refractivity contribution in [2.75, 3.05) is 6.61 Å². The monoisotopic (exact) mass is 153 g/mol. The molecule has 0 aromatic heterocycles. The first-order valence-corrected chi connectivity index (χ1v) is 3.35. The molecule has 3 heteroatoms. The van der Waals surface area contributed by atoms with Crippen LogP contribution in [0, 0.1) is 11.3 Å². The second-order valence-corrected chi connectivity index (χ2v) is 2.30. The minimum atomic E-state index is -0.375. The van der Waals surface area contributed by atoms with Gasteiger partial charge in [-0.25, -0.2) is 4.79 Å². The minimum absolute atomic E-state index is 0.180. The molecule has 0 radical (unpaired) electrons. The van der Waals surface area contributed by atoms with E-state index in [4.69, 9.17) is 5.26 Å². The summed E-state index contributed by atoms with van der Waals surface area (Å²) < 4.78 is 4.66. The van der Waals surface area contributed by atoms with E-state index in [0.29, 0.717) is 0 Å². The van der Waals surface area contributed by atoms with Crippen LogP contribution in [0.3, 0.4) is 0 Å². The lowest BCUT2D eigenvalue weighted by atomic mass is 10.3. The maximum absolute atomic E-state index is 10.7. The van der Waals surface area contributed by atoms with Crippen LogP contribution in [0.15, 0.2) is 11.6 Å². The first-order chi connectivity index (χ1) is 5.16. The second-order valence-electron chi connectivity index (χ2n) is 2.30. The van der Waals surface area contributed by atoms with Gasteiger partial charge in [0.25, 0.3) is 0 Å². The van der Waals surface area contributed by atoms with Crippen molar-refractivity contribution in [3.05, 3.63) is 11.6 Å². The molecule has 0 aliphatic carbocycles. The van der Waals surface area contributed by atoms with Crippen molar-refractivity contribution in [1.29, 1.82) is 5.26 Å². The Kier molecular flexibility index (Phi) is 4.83. The van der Waals surface area contributed by atoms with E-state index in [1.807, 2.05) is 19.9 Å². The van der Waals surface area contributed by atoms with Crippen molar-refractivity contribution in [2.45, 2.75) is 20.3 Å². The van der Waals surface area contributed by atoms with Crippen LogP contribution in [0.25, 0.3) is 0 Å². The Bertz CT molecular complexity index is 197. The Labute approximate surface area is 66.3 Å². The molecule has 0 saturated heterocycles. The molecule has 0 aliphatic heterocycles. The third-order valence-electron chi connectivity index (χ3n) is 0.865. The minimum Gasteiger partial charge on any atom is -0.461 e. The van der Waals surface area contributed by atoms with E-state index in [0.717, 1.165) is 5.57 Å². The number of hydrogen-bond donors (Lipinski definition) is 0. The lowest BCUT2D eigenvalue weighted by molar-refractivity contribution is -0.137. The highest BCUT2D eigenvalue weighted by Crippen LogP contribution is 1.91. The topological polar surface area (TPSA) is 50.1 Å². The van der Waals surface area contributed by atoms with Gasteiger partial charge in [0.15, 0.2) is 0 Å². The van der Waals surface area contributed by atoms with Crippen molar-refractivity contribution in [3.63, 3.8) is 0 Å². The molecule has 0 atom stereocenters. The van der Waals surface area contributed by atoms with Gasteiger partial charge in [0.05, 0.1) is 12.5 Å². The van der Waals surface area contributed by atoms with Crippen LogP contribution in [0.1, 0.15) is 20.3 Å². The van der Waals surface area contributed by atoms with Crippen molar-refractivity contribution in [3.8, 4) is 6.07 Å². The van der Waals surface area contributed by atoms with Crippen molar-refractivity contribution >= 4 is 5.97 Å². The summed E-state index contributed by atoms with van der Waals surface area (Å²) >= 11 is 0. The van der Waals surface area contributed by atoms with Gasteiger partial charge in [-0.05, 0) is 13.8 Å². The maximum atomic E-state index is 10.7. The van der Waals surface area contributed by atoms with E-state index in [1.165, 1.54) is 6.08 Å².